The Kier molecular flexibility index (Phi) is 9.58. The molecule has 2 aliphatic rings. The van der Waals surface area contributed by atoms with Gasteiger partial charge in [0.25, 0.3) is 0 Å². The predicted octanol–water partition coefficient (Wildman–Crippen LogP) is 2.79. The average Bonchev–Trinajstić information content (AvgIpc) is 3.24. The van der Waals surface area contributed by atoms with Crippen LogP contribution in [0.1, 0.15) is 44.6 Å². The van der Waals surface area contributed by atoms with E-state index in [2.05, 4.69) is 21.7 Å². The maximum Gasteiger partial charge on any atom is 0.248 e. The minimum atomic E-state index is -0.379. The van der Waals surface area contributed by atoms with Gasteiger partial charge in [-0.05, 0) is 44.2 Å². The van der Waals surface area contributed by atoms with Crippen LogP contribution in [0.3, 0.4) is 0 Å². The molecule has 0 spiro atoms. The first-order valence-electron chi connectivity index (χ1n) is 11.1. The predicted molar refractivity (Wildman–Crippen MR) is 136 cm³/mol. The van der Waals surface area contributed by atoms with Crippen molar-refractivity contribution in [1.29, 1.82) is 0 Å². The first-order valence-corrected chi connectivity index (χ1v) is 11.1. The van der Waals surface area contributed by atoms with Gasteiger partial charge in [0, 0.05) is 39.4 Å². The van der Waals surface area contributed by atoms with Gasteiger partial charge in [-0.2, -0.15) is 0 Å². The van der Waals surface area contributed by atoms with E-state index in [1.807, 2.05) is 44.1 Å². The smallest absolute Gasteiger partial charge is 0.248 e. The van der Waals surface area contributed by atoms with Crippen LogP contribution < -0.4 is 15.5 Å². The molecule has 0 radical (unpaired) electrons. The van der Waals surface area contributed by atoms with Crippen LogP contribution in [0.15, 0.2) is 29.3 Å². The van der Waals surface area contributed by atoms with Crippen molar-refractivity contribution in [2.45, 2.75) is 45.4 Å². The van der Waals surface area contributed by atoms with Crippen molar-refractivity contribution >= 4 is 47.4 Å². The van der Waals surface area contributed by atoms with Gasteiger partial charge in [-0.3, -0.25) is 9.59 Å². The van der Waals surface area contributed by atoms with Crippen LogP contribution in [0, 0.1) is 5.41 Å². The molecule has 0 unspecified atom stereocenters. The van der Waals surface area contributed by atoms with E-state index in [9.17, 15) is 9.59 Å². The standard InChI is InChI=1S/C23H35N5O2.HI/c1-4-24-22(26-17-23(13-7-8-14-23)21(30)27(2)3)25-16-20(29)28-15-9-11-18-10-5-6-12-19(18)28;/h5-6,10,12H,4,7-9,11,13-17H2,1-3H3,(H2,24,25,26);1H. The van der Waals surface area contributed by atoms with Gasteiger partial charge in [-0.1, -0.05) is 31.0 Å². The van der Waals surface area contributed by atoms with E-state index in [1.54, 1.807) is 4.90 Å². The number of fused-ring (bicyclic) bond motifs is 1. The van der Waals surface area contributed by atoms with E-state index in [4.69, 9.17) is 0 Å². The van der Waals surface area contributed by atoms with Gasteiger partial charge in [0.1, 0.15) is 6.54 Å². The summed E-state index contributed by atoms with van der Waals surface area (Å²) in [7, 11) is 3.63. The highest BCUT2D eigenvalue weighted by Gasteiger charge is 2.42. The number of nitrogens with zero attached hydrogens (tertiary/aromatic N) is 3. The zero-order chi connectivity index (χ0) is 21.6. The van der Waals surface area contributed by atoms with Crippen LogP contribution in [0.4, 0.5) is 5.69 Å². The Labute approximate surface area is 203 Å². The van der Waals surface area contributed by atoms with Crippen molar-refractivity contribution in [3.05, 3.63) is 29.8 Å². The van der Waals surface area contributed by atoms with Crippen LogP contribution in [0.2, 0.25) is 0 Å². The summed E-state index contributed by atoms with van der Waals surface area (Å²) >= 11 is 0. The molecule has 172 valence electrons. The molecule has 3 rings (SSSR count). The Hall–Kier alpha value is -1.84. The molecular weight excluding hydrogens is 505 g/mol. The normalized spacial score (nSPS) is 17.4. The lowest BCUT2D eigenvalue weighted by Crippen LogP contribution is -2.49. The summed E-state index contributed by atoms with van der Waals surface area (Å²) in [4.78, 5) is 33.8. The molecule has 0 aromatic heterocycles. The first kappa shape index (κ1) is 25.4. The molecule has 1 aromatic carbocycles. The van der Waals surface area contributed by atoms with Crippen LogP contribution in [0.25, 0.3) is 0 Å². The van der Waals surface area contributed by atoms with Gasteiger partial charge in [0.15, 0.2) is 5.96 Å². The van der Waals surface area contributed by atoms with E-state index in [1.165, 1.54) is 5.56 Å². The molecule has 0 atom stereocenters. The molecule has 1 saturated carbocycles. The van der Waals surface area contributed by atoms with Crippen molar-refractivity contribution in [3.8, 4) is 0 Å². The number of carbonyl (C=O) groups is 2. The van der Waals surface area contributed by atoms with Gasteiger partial charge < -0.3 is 20.4 Å². The van der Waals surface area contributed by atoms with Crippen molar-refractivity contribution in [2.24, 2.45) is 10.4 Å². The van der Waals surface area contributed by atoms with E-state index in [0.29, 0.717) is 19.0 Å². The highest BCUT2D eigenvalue weighted by molar-refractivity contribution is 14.0. The lowest BCUT2D eigenvalue weighted by molar-refractivity contribution is -0.138. The maximum absolute atomic E-state index is 12.9. The van der Waals surface area contributed by atoms with E-state index in [-0.39, 0.29) is 47.8 Å². The number of anilines is 1. The molecule has 0 saturated heterocycles. The van der Waals surface area contributed by atoms with Crippen LogP contribution in [-0.4, -0.2) is 62.9 Å². The largest absolute Gasteiger partial charge is 0.357 e. The van der Waals surface area contributed by atoms with E-state index in [0.717, 1.165) is 50.8 Å². The number of hydrogen-bond donors (Lipinski definition) is 2. The number of aliphatic imine (C=N–C) groups is 1. The number of guanidine groups is 1. The van der Waals surface area contributed by atoms with E-state index < -0.39 is 0 Å². The van der Waals surface area contributed by atoms with Gasteiger partial charge in [-0.15, -0.1) is 24.0 Å². The Morgan fingerprint density at radius 2 is 1.84 bits per heavy atom. The molecule has 8 heteroatoms. The molecule has 1 aliphatic heterocycles. The van der Waals surface area contributed by atoms with Crippen LogP contribution >= 0.6 is 24.0 Å². The molecule has 0 bridgehead atoms. The number of hydrogen-bond acceptors (Lipinski definition) is 3. The quantitative estimate of drug-likeness (QED) is 0.330. The highest BCUT2D eigenvalue weighted by Crippen LogP contribution is 2.38. The molecule has 7 nitrogen and oxygen atoms in total. The average molecular weight is 541 g/mol. The number of amides is 2. The van der Waals surface area contributed by atoms with Crippen LogP contribution in [0.5, 0.6) is 0 Å². The number of para-hydroxylation sites is 1. The second kappa shape index (κ2) is 11.7. The van der Waals surface area contributed by atoms with Crippen molar-refractivity contribution in [2.75, 3.05) is 45.2 Å². The van der Waals surface area contributed by atoms with Crippen LogP contribution in [-0.2, 0) is 16.0 Å². The van der Waals surface area contributed by atoms with E-state index >= 15 is 0 Å². The number of rotatable bonds is 6. The summed E-state index contributed by atoms with van der Waals surface area (Å²) in [5.74, 6) is 0.762. The van der Waals surface area contributed by atoms with Crippen molar-refractivity contribution < 1.29 is 9.59 Å². The summed E-state index contributed by atoms with van der Waals surface area (Å²) < 4.78 is 0. The third-order valence-electron chi connectivity index (χ3n) is 6.14. The fourth-order valence-electron chi connectivity index (χ4n) is 4.61. The van der Waals surface area contributed by atoms with Gasteiger partial charge in [-0.25, -0.2) is 4.99 Å². The molecular formula is C23H36IN5O2. The third kappa shape index (κ3) is 6.11. The fraction of sp³-hybridized carbons (Fsp3) is 0.609. The fourth-order valence-corrected chi connectivity index (χ4v) is 4.61. The zero-order valence-electron chi connectivity index (χ0n) is 18.9. The molecule has 1 fully saturated rings. The topological polar surface area (TPSA) is 77.0 Å². The molecule has 1 aromatic rings. The van der Waals surface area contributed by atoms with Crippen molar-refractivity contribution in [3.63, 3.8) is 0 Å². The Morgan fingerprint density at radius 1 is 1.13 bits per heavy atom. The molecule has 1 aliphatic carbocycles. The highest BCUT2D eigenvalue weighted by atomic mass is 127. The van der Waals surface area contributed by atoms with Gasteiger partial charge >= 0.3 is 0 Å². The second-order valence-corrected chi connectivity index (χ2v) is 8.51. The summed E-state index contributed by atoms with van der Waals surface area (Å²) in [5, 5.41) is 6.55. The summed E-state index contributed by atoms with van der Waals surface area (Å²) in [6, 6.07) is 8.09. The van der Waals surface area contributed by atoms with Gasteiger partial charge in [0.05, 0.1) is 5.41 Å². The van der Waals surface area contributed by atoms with Gasteiger partial charge in [0.2, 0.25) is 11.8 Å². The number of nitrogens with one attached hydrogen (secondary N) is 2. The Balaban J connectivity index is 0.00000341. The molecule has 31 heavy (non-hydrogen) atoms. The minimum Gasteiger partial charge on any atom is -0.357 e. The summed E-state index contributed by atoms with van der Waals surface area (Å²) in [5.41, 5.74) is 1.84. The second-order valence-electron chi connectivity index (χ2n) is 8.51. The molecule has 2 N–H and O–H groups in total. The first-order chi connectivity index (χ1) is 14.5. The number of aryl methyl sites for hydroxylation is 1. The minimum absolute atomic E-state index is 0. The third-order valence-corrected chi connectivity index (χ3v) is 6.14. The lowest BCUT2D eigenvalue weighted by atomic mass is 9.84. The number of carbonyl (C=O) groups excluding carboxylic acids is 2. The van der Waals surface area contributed by atoms with Crippen molar-refractivity contribution in [1.82, 2.24) is 15.5 Å². The Morgan fingerprint density at radius 3 is 2.52 bits per heavy atom. The molecule has 1 heterocycles. The SMILES string of the molecule is CCNC(=NCC(=O)N1CCCc2ccccc21)NCC1(C(=O)N(C)C)CCCC1.I. The number of benzene rings is 1. The summed E-state index contributed by atoms with van der Waals surface area (Å²) in [6.45, 7) is 4.04. The monoisotopic (exact) mass is 541 g/mol. The summed E-state index contributed by atoms with van der Waals surface area (Å²) in [6.07, 6.45) is 5.90. The lowest BCUT2D eigenvalue weighted by Gasteiger charge is -2.31. The zero-order valence-corrected chi connectivity index (χ0v) is 21.3. The molecule has 2 amide bonds. The maximum atomic E-state index is 12.9. The number of halogens is 1. The Bertz CT molecular complexity index is 790.